The molecule has 0 fully saturated rings. The third-order valence-corrected chi connectivity index (χ3v) is 2.95. The van der Waals surface area contributed by atoms with Gasteiger partial charge < -0.3 is 25.8 Å². The van der Waals surface area contributed by atoms with Gasteiger partial charge in [0, 0.05) is 13.5 Å². The molecule has 1 amide bonds. The molecule has 0 saturated carbocycles. The minimum Gasteiger partial charge on any atom is -0.391 e. The molecule has 1 aromatic heterocycles. The highest BCUT2D eigenvalue weighted by Crippen LogP contribution is 2.22. The Morgan fingerprint density at radius 2 is 2.20 bits per heavy atom. The van der Waals surface area contributed by atoms with Gasteiger partial charge in [-0.1, -0.05) is 0 Å². The fourth-order valence-corrected chi connectivity index (χ4v) is 1.96. The molecule has 6 N–H and O–H groups in total. The highest BCUT2D eigenvalue weighted by atomic mass is 16.3. The van der Waals surface area contributed by atoms with Gasteiger partial charge >= 0.3 is 0 Å². The highest BCUT2D eigenvalue weighted by molar-refractivity contribution is 5.87. The first-order chi connectivity index (χ1) is 9.38. The van der Waals surface area contributed by atoms with Gasteiger partial charge in [-0.25, -0.2) is 0 Å². The maximum Gasteiger partial charge on any atom is 0.300 e. The number of nitrogens with zero attached hydrogens (tertiary/aromatic N) is 1. The summed E-state index contributed by atoms with van der Waals surface area (Å²) in [6, 6.07) is -0.517. The van der Waals surface area contributed by atoms with Crippen LogP contribution in [0, 0.1) is 0 Å². The number of aromatic amines is 1. The first kappa shape index (κ1) is 14.3. The summed E-state index contributed by atoms with van der Waals surface area (Å²) in [5.74, 6) is 0.0761. The van der Waals surface area contributed by atoms with Crippen LogP contribution in [0.2, 0.25) is 0 Å². The number of anilines is 3. The molecule has 9 heteroatoms. The molecule has 3 atom stereocenters. The lowest BCUT2D eigenvalue weighted by atomic mass is 10.0. The monoisotopic (exact) mass is 283 g/mol. The number of amides is 1. The van der Waals surface area contributed by atoms with Crippen molar-refractivity contribution in [3.63, 3.8) is 0 Å². The van der Waals surface area contributed by atoms with Crippen LogP contribution in [0.4, 0.5) is 17.5 Å². The second kappa shape index (κ2) is 5.47. The quantitative estimate of drug-likeness (QED) is 0.404. The number of hydrogen-bond acceptors (Lipinski definition) is 7. The van der Waals surface area contributed by atoms with E-state index in [9.17, 15) is 19.8 Å². The number of carbonyl (C=O) groups is 1. The summed E-state index contributed by atoms with van der Waals surface area (Å²) in [5.41, 5.74) is -0.410. The molecule has 0 bridgehead atoms. The number of hydrogen-bond donors (Lipinski definition) is 6. The Hall–Kier alpha value is -2.13. The number of fused-ring (bicyclic) bond motifs is 1. The number of nitrogens with one attached hydrogen (secondary N) is 4. The summed E-state index contributed by atoms with van der Waals surface area (Å²) >= 11 is 0. The van der Waals surface area contributed by atoms with Gasteiger partial charge in [0.05, 0.1) is 12.1 Å². The number of carbonyl (C=O) groups excluding carboxylic acids is 1. The van der Waals surface area contributed by atoms with Crippen LogP contribution in [0.25, 0.3) is 0 Å². The standard InChI is InChI=1S/C11H17N5O4/c1-4(17)8(19)6-3-12-9-7(14-6)10(20)16-11(15-9)13-5(2)18/h4,6,8,14,17,19H,3H2,1-2H3,(H3,12,13,15,16,18,20)/t4-,6+,8-/m0/s1. The normalized spacial score (nSPS) is 20.1. The van der Waals surface area contributed by atoms with E-state index in [0.717, 1.165) is 0 Å². The molecular weight excluding hydrogens is 266 g/mol. The number of aliphatic hydroxyl groups is 2. The number of aromatic nitrogens is 2. The van der Waals surface area contributed by atoms with E-state index in [1.54, 1.807) is 0 Å². The van der Waals surface area contributed by atoms with Crippen LogP contribution in [-0.4, -0.2) is 50.9 Å². The molecule has 110 valence electrons. The van der Waals surface area contributed by atoms with Crippen LogP contribution in [0.5, 0.6) is 0 Å². The highest BCUT2D eigenvalue weighted by Gasteiger charge is 2.29. The van der Waals surface area contributed by atoms with Crippen molar-refractivity contribution in [2.24, 2.45) is 0 Å². The third-order valence-electron chi connectivity index (χ3n) is 2.95. The molecule has 20 heavy (non-hydrogen) atoms. The Balaban J connectivity index is 2.25. The zero-order chi connectivity index (χ0) is 14.9. The van der Waals surface area contributed by atoms with E-state index >= 15 is 0 Å². The first-order valence-corrected chi connectivity index (χ1v) is 6.17. The van der Waals surface area contributed by atoms with Crippen LogP contribution < -0.4 is 21.5 Å². The molecule has 0 radical (unpaired) electrons. The Kier molecular flexibility index (Phi) is 3.91. The smallest absolute Gasteiger partial charge is 0.300 e. The lowest BCUT2D eigenvalue weighted by molar-refractivity contribution is -0.114. The van der Waals surface area contributed by atoms with Gasteiger partial charge in [-0.3, -0.25) is 14.9 Å². The van der Waals surface area contributed by atoms with Crippen molar-refractivity contribution in [2.75, 3.05) is 22.5 Å². The zero-order valence-electron chi connectivity index (χ0n) is 11.1. The molecule has 0 unspecified atom stereocenters. The van der Waals surface area contributed by atoms with Crippen molar-refractivity contribution < 1.29 is 15.0 Å². The number of aliphatic hydroxyl groups excluding tert-OH is 2. The molecule has 1 aliphatic rings. The van der Waals surface area contributed by atoms with E-state index in [0.29, 0.717) is 12.4 Å². The van der Waals surface area contributed by atoms with E-state index < -0.39 is 23.8 Å². The zero-order valence-corrected chi connectivity index (χ0v) is 11.1. The predicted octanol–water partition coefficient (Wildman–Crippen LogP) is -1.32. The SMILES string of the molecule is CC(=O)Nc1nc(=O)c2c([nH]1)NC[C@H]([C@@H](O)[C@H](C)O)N2. The van der Waals surface area contributed by atoms with Crippen LogP contribution >= 0.6 is 0 Å². The predicted molar refractivity (Wildman–Crippen MR) is 72.7 cm³/mol. The summed E-state index contributed by atoms with van der Waals surface area (Å²) in [6.45, 7) is 3.07. The van der Waals surface area contributed by atoms with Crippen LogP contribution in [0.1, 0.15) is 13.8 Å². The largest absolute Gasteiger partial charge is 0.391 e. The van der Waals surface area contributed by atoms with Gasteiger partial charge in [-0.15, -0.1) is 0 Å². The van der Waals surface area contributed by atoms with E-state index in [-0.39, 0.29) is 17.5 Å². The summed E-state index contributed by atoms with van der Waals surface area (Å²) in [6.07, 6.45) is -1.95. The van der Waals surface area contributed by atoms with Crippen molar-refractivity contribution >= 4 is 23.4 Å². The molecule has 0 spiro atoms. The van der Waals surface area contributed by atoms with E-state index in [4.69, 9.17) is 0 Å². The first-order valence-electron chi connectivity index (χ1n) is 6.17. The van der Waals surface area contributed by atoms with Crippen molar-refractivity contribution in [3.05, 3.63) is 10.4 Å². The molecule has 0 aliphatic carbocycles. The Bertz CT molecular complexity index is 570. The fourth-order valence-electron chi connectivity index (χ4n) is 1.96. The van der Waals surface area contributed by atoms with E-state index in [2.05, 4.69) is 25.9 Å². The molecular formula is C11H17N5O4. The van der Waals surface area contributed by atoms with Gasteiger partial charge in [0.2, 0.25) is 11.9 Å². The van der Waals surface area contributed by atoms with Crippen molar-refractivity contribution in [3.8, 4) is 0 Å². The molecule has 2 rings (SSSR count). The van der Waals surface area contributed by atoms with Gasteiger partial charge in [-0.05, 0) is 6.92 Å². The summed E-state index contributed by atoms with van der Waals surface area (Å²) < 4.78 is 0. The molecule has 0 aromatic carbocycles. The van der Waals surface area contributed by atoms with Gasteiger partial charge in [0.25, 0.3) is 5.56 Å². The average molecular weight is 283 g/mol. The summed E-state index contributed by atoms with van der Waals surface area (Å²) in [4.78, 5) is 29.3. The lowest BCUT2D eigenvalue weighted by Crippen LogP contribution is -2.48. The molecule has 1 aliphatic heterocycles. The minimum atomic E-state index is -1.02. The second-order valence-electron chi connectivity index (χ2n) is 4.68. The summed E-state index contributed by atoms with van der Waals surface area (Å²) in [5, 5.41) is 27.3. The summed E-state index contributed by atoms with van der Waals surface area (Å²) in [7, 11) is 0. The maximum absolute atomic E-state index is 11.9. The lowest BCUT2D eigenvalue weighted by Gasteiger charge is -2.31. The van der Waals surface area contributed by atoms with Gasteiger partial charge in [0.15, 0.2) is 0 Å². The molecule has 9 nitrogen and oxygen atoms in total. The minimum absolute atomic E-state index is 0.0464. The second-order valence-corrected chi connectivity index (χ2v) is 4.68. The Morgan fingerprint density at radius 3 is 2.80 bits per heavy atom. The van der Waals surface area contributed by atoms with E-state index in [1.807, 2.05) is 0 Å². The van der Waals surface area contributed by atoms with Crippen LogP contribution in [0.15, 0.2) is 4.79 Å². The Labute approximate surface area is 114 Å². The average Bonchev–Trinajstić information content (AvgIpc) is 2.36. The van der Waals surface area contributed by atoms with Gasteiger partial charge in [0.1, 0.15) is 17.6 Å². The van der Waals surface area contributed by atoms with Crippen molar-refractivity contribution in [2.45, 2.75) is 32.1 Å². The van der Waals surface area contributed by atoms with Crippen LogP contribution in [-0.2, 0) is 4.79 Å². The number of H-pyrrole nitrogens is 1. The molecule has 1 aromatic rings. The Morgan fingerprint density at radius 1 is 1.50 bits per heavy atom. The van der Waals surface area contributed by atoms with E-state index in [1.165, 1.54) is 13.8 Å². The van der Waals surface area contributed by atoms with Gasteiger partial charge in [-0.2, -0.15) is 4.98 Å². The fraction of sp³-hybridized carbons (Fsp3) is 0.545. The third kappa shape index (κ3) is 2.89. The molecule has 0 saturated heterocycles. The topological polar surface area (TPSA) is 139 Å². The van der Waals surface area contributed by atoms with Crippen molar-refractivity contribution in [1.82, 2.24) is 9.97 Å². The maximum atomic E-state index is 11.9. The molecule has 2 heterocycles. The van der Waals surface area contributed by atoms with Crippen molar-refractivity contribution in [1.29, 1.82) is 0 Å². The van der Waals surface area contributed by atoms with Crippen LogP contribution in [0.3, 0.4) is 0 Å². The number of rotatable bonds is 3.